The van der Waals surface area contributed by atoms with Gasteiger partial charge in [-0.3, -0.25) is 4.79 Å². The van der Waals surface area contributed by atoms with Crippen molar-refractivity contribution in [3.63, 3.8) is 0 Å². The van der Waals surface area contributed by atoms with Gasteiger partial charge in [0.25, 0.3) is 0 Å². The molecule has 0 spiro atoms. The number of carbonyl (C=O) groups excluding carboxylic acids is 1. The van der Waals surface area contributed by atoms with Crippen LogP contribution in [-0.2, 0) is 14.6 Å². The van der Waals surface area contributed by atoms with E-state index in [1.165, 1.54) is 13.8 Å². The maximum absolute atomic E-state index is 12.4. The molecule has 19 heavy (non-hydrogen) atoms. The predicted molar refractivity (Wildman–Crippen MR) is 75.6 cm³/mol. The highest BCUT2D eigenvalue weighted by atomic mass is 32.2. The first kappa shape index (κ1) is 16.4. The molecule has 0 aromatic rings. The molecule has 0 bridgehead atoms. The van der Waals surface area contributed by atoms with Crippen molar-refractivity contribution in [1.82, 2.24) is 9.80 Å². The minimum absolute atomic E-state index is 0.301. The molecule has 0 aromatic heterocycles. The van der Waals surface area contributed by atoms with Gasteiger partial charge in [-0.05, 0) is 26.8 Å². The second-order valence-corrected chi connectivity index (χ2v) is 8.12. The number of carbonyl (C=O) groups is 1. The summed E-state index contributed by atoms with van der Waals surface area (Å²) in [7, 11) is -3.41. The Labute approximate surface area is 115 Å². The summed E-state index contributed by atoms with van der Waals surface area (Å²) in [6.45, 7) is 7.21. The summed E-state index contributed by atoms with van der Waals surface area (Å²) in [5.41, 5.74) is 5.53. The zero-order chi connectivity index (χ0) is 14.7. The number of nitrogens with two attached hydrogens (primary N) is 1. The van der Waals surface area contributed by atoms with Crippen LogP contribution in [0.5, 0.6) is 0 Å². The summed E-state index contributed by atoms with van der Waals surface area (Å²) in [5, 5.41) is 0. The van der Waals surface area contributed by atoms with Crippen LogP contribution in [-0.4, -0.2) is 74.4 Å². The van der Waals surface area contributed by atoms with E-state index in [9.17, 15) is 13.2 Å². The normalized spacial score (nSPS) is 19.3. The third-order valence-corrected chi connectivity index (χ3v) is 5.79. The number of amides is 1. The fraction of sp³-hybridized carbons (Fsp3) is 0.917. The van der Waals surface area contributed by atoms with Crippen molar-refractivity contribution in [1.29, 1.82) is 0 Å². The van der Waals surface area contributed by atoms with Gasteiger partial charge in [0.15, 0.2) is 9.84 Å². The van der Waals surface area contributed by atoms with Gasteiger partial charge < -0.3 is 15.5 Å². The third kappa shape index (κ3) is 3.90. The Morgan fingerprint density at radius 2 is 1.84 bits per heavy atom. The lowest BCUT2D eigenvalue weighted by atomic mass is 10.1. The Balaban J connectivity index is 2.74. The van der Waals surface area contributed by atoms with Crippen LogP contribution in [0.2, 0.25) is 0 Å². The fourth-order valence-electron chi connectivity index (χ4n) is 2.12. The van der Waals surface area contributed by atoms with Crippen molar-refractivity contribution in [2.24, 2.45) is 5.73 Å². The number of nitrogens with zero attached hydrogens (tertiary/aromatic N) is 2. The lowest BCUT2D eigenvalue weighted by Crippen LogP contribution is -2.50. The molecule has 7 heteroatoms. The lowest BCUT2D eigenvalue weighted by Gasteiger charge is -2.30. The van der Waals surface area contributed by atoms with Gasteiger partial charge in [0.1, 0.15) is 4.75 Å². The van der Waals surface area contributed by atoms with Crippen molar-refractivity contribution >= 4 is 15.7 Å². The summed E-state index contributed by atoms with van der Waals surface area (Å²) < 4.78 is 22.1. The highest BCUT2D eigenvalue weighted by molar-refractivity contribution is 7.92. The standard InChI is InChI=1S/C12H25N3O3S/c1-12(2,19(3,17)18)11(16)15-7-4-6-14(8-5-13)9-10-15/h4-10,13H2,1-3H3. The molecule has 0 aliphatic carbocycles. The van der Waals surface area contributed by atoms with Crippen LogP contribution in [0.15, 0.2) is 0 Å². The Bertz CT molecular complexity index is 420. The first-order valence-electron chi connectivity index (χ1n) is 6.61. The maximum atomic E-state index is 12.4. The van der Waals surface area contributed by atoms with Gasteiger partial charge in [0, 0.05) is 39.0 Å². The summed E-state index contributed by atoms with van der Waals surface area (Å²) in [6, 6.07) is 0. The zero-order valence-electron chi connectivity index (χ0n) is 12.1. The summed E-state index contributed by atoms with van der Waals surface area (Å²) in [4.78, 5) is 16.3. The molecule has 6 nitrogen and oxygen atoms in total. The molecule has 1 aliphatic rings. The Hall–Kier alpha value is -0.660. The first-order chi connectivity index (χ1) is 8.70. The third-order valence-electron chi connectivity index (χ3n) is 3.76. The average molecular weight is 291 g/mol. The van der Waals surface area contributed by atoms with Crippen LogP contribution < -0.4 is 5.73 Å². The monoisotopic (exact) mass is 291 g/mol. The molecular formula is C12H25N3O3S. The van der Waals surface area contributed by atoms with E-state index in [-0.39, 0.29) is 5.91 Å². The second-order valence-electron chi connectivity index (χ2n) is 5.56. The number of rotatable bonds is 4. The summed E-state index contributed by atoms with van der Waals surface area (Å²) >= 11 is 0. The molecule has 0 unspecified atom stereocenters. The molecule has 1 amide bonds. The Morgan fingerprint density at radius 3 is 2.37 bits per heavy atom. The van der Waals surface area contributed by atoms with E-state index in [1.807, 2.05) is 0 Å². The van der Waals surface area contributed by atoms with E-state index >= 15 is 0 Å². The number of hydrogen-bond donors (Lipinski definition) is 1. The minimum atomic E-state index is -3.41. The summed E-state index contributed by atoms with van der Waals surface area (Å²) in [5.74, 6) is -0.301. The highest BCUT2D eigenvalue weighted by Gasteiger charge is 2.41. The molecule has 1 rings (SSSR count). The van der Waals surface area contributed by atoms with Gasteiger partial charge in [-0.2, -0.15) is 0 Å². The van der Waals surface area contributed by atoms with Gasteiger partial charge in [-0.15, -0.1) is 0 Å². The molecule has 0 atom stereocenters. The topological polar surface area (TPSA) is 83.7 Å². The highest BCUT2D eigenvalue weighted by Crippen LogP contribution is 2.19. The van der Waals surface area contributed by atoms with Crippen molar-refractivity contribution in [3.05, 3.63) is 0 Å². The Morgan fingerprint density at radius 1 is 1.21 bits per heavy atom. The van der Waals surface area contributed by atoms with Crippen LogP contribution in [0, 0.1) is 0 Å². The van der Waals surface area contributed by atoms with Gasteiger partial charge >= 0.3 is 0 Å². The van der Waals surface area contributed by atoms with Gasteiger partial charge in [-0.1, -0.05) is 0 Å². The van der Waals surface area contributed by atoms with Crippen LogP contribution in [0.4, 0.5) is 0 Å². The molecule has 0 saturated carbocycles. The maximum Gasteiger partial charge on any atom is 0.243 e. The number of hydrogen-bond acceptors (Lipinski definition) is 5. The molecule has 1 fully saturated rings. The lowest BCUT2D eigenvalue weighted by molar-refractivity contribution is -0.133. The van der Waals surface area contributed by atoms with Gasteiger partial charge in [0.2, 0.25) is 5.91 Å². The van der Waals surface area contributed by atoms with E-state index in [1.54, 1.807) is 4.90 Å². The van der Waals surface area contributed by atoms with Gasteiger partial charge in [-0.25, -0.2) is 8.42 Å². The minimum Gasteiger partial charge on any atom is -0.340 e. The largest absolute Gasteiger partial charge is 0.340 e. The molecule has 1 aliphatic heterocycles. The quantitative estimate of drug-likeness (QED) is 0.741. The molecule has 112 valence electrons. The Kier molecular flexibility index (Phi) is 5.34. The predicted octanol–water partition coefficient (Wildman–Crippen LogP) is -0.697. The van der Waals surface area contributed by atoms with Crippen molar-refractivity contribution < 1.29 is 13.2 Å². The molecule has 0 aromatic carbocycles. The molecular weight excluding hydrogens is 266 g/mol. The molecule has 0 radical (unpaired) electrons. The van der Waals surface area contributed by atoms with Crippen molar-refractivity contribution in [3.8, 4) is 0 Å². The van der Waals surface area contributed by atoms with Crippen LogP contribution in [0.3, 0.4) is 0 Å². The van der Waals surface area contributed by atoms with E-state index in [0.717, 1.165) is 32.3 Å². The SMILES string of the molecule is CC(C)(C(=O)N1CCCN(CCN)CC1)S(C)(=O)=O. The van der Waals surface area contributed by atoms with Crippen molar-refractivity contribution in [2.45, 2.75) is 25.0 Å². The molecule has 1 saturated heterocycles. The first-order valence-corrected chi connectivity index (χ1v) is 8.50. The zero-order valence-corrected chi connectivity index (χ0v) is 12.9. The second kappa shape index (κ2) is 6.19. The number of sulfone groups is 1. The van der Waals surface area contributed by atoms with Crippen LogP contribution in [0.25, 0.3) is 0 Å². The van der Waals surface area contributed by atoms with E-state index in [0.29, 0.717) is 19.6 Å². The van der Waals surface area contributed by atoms with Crippen LogP contribution >= 0.6 is 0 Å². The molecule has 2 N–H and O–H groups in total. The average Bonchev–Trinajstić information content (AvgIpc) is 2.52. The van der Waals surface area contributed by atoms with Gasteiger partial charge in [0.05, 0.1) is 0 Å². The summed E-state index contributed by atoms with van der Waals surface area (Å²) in [6.07, 6.45) is 1.97. The van der Waals surface area contributed by atoms with E-state index in [4.69, 9.17) is 5.73 Å². The van der Waals surface area contributed by atoms with E-state index < -0.39 is 14.6 Å². The molecule has 1 heterocycles. The van der Waals surface area contributed by atoms with Crippen LogP contribution in [0.1, 0.15) is 20.3 Å². The fourth-order valence-corrected chi connectivity index (χ4v) is 2.57. The van der Waals surface area contributed by atoms with E-state index in [2.05, 4.69) is 4.90 Å². The smallest absolute Gasteiger partial charge is 0.243 e. The van der Waals surface area contributed by atoms with Crippen molar-refractivity contribution in [2.75, 3.05) is 45.5 Å².